The first-order valence-electron chi connectivity index (χ1n) is 2.72. The number of anilines is 1. The average Bonchev–Trinajstić information content (AvgIpc) is 1.95. The molecule has 1 aromatic heterocycles. The van der Waals surface area contributed by atoms with Crippen molar-refractivity contribution in [3.05, 3.63) is 23.9 Å². The molecule has 0 saturated carbocycles. The molecular weight excluding hydrogens is 130 g/mol. The highest BCUT2D eigenvalue weighted by Crippen LogP contribution is 1.97. The Hall–Kier alpha value is -1.58. The number of nitrogens with zero attached hydrogens (tertiary/aromatic N) is 2. The monoisotopic (exact) mass is 137 g/mol. The lowest BCUT2D eigenvalue weighted by Gasteiger charge is -1.90. The number of aromatic nitrogens is 1. The molecule has 0 aliphatic carbocycles. The van der Waals surface area contributed by atoms with E-state index >= 15 is 0 Å². The summed E-state index contributed by atoms with van der Waals surface area (Å²) in [5.41, 5.74) is 6.02. The van der Waals surface area contributed by atoms with Crippen LogP contribution < -0.4 is 5.73 Å². The van der Waals surface area contributed by atoms with Gasteiger partial charge in [0.1, 0.15) is 5.82 Å². The van der Waals surface area contributed by atoms with Crippen LogP contribution in [0.15, 0.2) is 23.5 Å². The molecule has 0 aliphatic rings. The Morgan fingerprint density at radius 2 is 2.40 bits per heavy atom. The largest absolute Gasteiger partial charge is 0.411 e. The lowest BCUT2D eigenvalue weighted by Crippen LogP contribution is -1.90. The molecule has 0 fully saturated rings. The first-order chi connectivity index (χ1) is 4.83. The molecule has 0 spiro atoms. The minimum absolute atomic E-state index is 0.454. The van der Waals surface area contributed by atoms with Crippen molar-refractivity contribution < 1.29 is 5.21 Å². The van der Waals surface area contributed by atoms with Crippen LogP contribution in [-0.2, 0) is 0 Å². The number of nitrogens with two attached hydrogens (primary N) is 1. The summed E-state index contributed by atoms with van der Waals surface area (Å²) < 4.78 is 0. The third-order valence-corrected chi connectivity index (χ3v) is 1.02. The smallest absolute Gasteiger partial charge is 0.123 e. The topological polar surface area (TPSA) is 71.5 Å². The molecule has 0 radical (unpaired) electrons. The van der Waals surface area contributed by atoms with Crippen molar-refractivity contribution in [1.29, 1.82) is 0 Å². The van der Waals surface area contributed by atoms with Gasteiger partial charge in [0.15, 0.2) is 0 Å². The summed E-state index contributed by atoms with van der Waals surface area (Å²) in [4.78, 5) is 3.77. The second kappa shape index (κ2) is 2.82. The van der Waals surface area contributed by atoms with E-state index in [1.807, 2.05) is 0 Å². The number of rotatable bonds is 1. The van der Waals surface area contributed by atoms with Gasteiger partial charge in [-0.15, -0.1) is 0 Å². The molecule has 4 heteroatoms. The molecule has 0 amide bonds. The Bertz CT molecular complexity index is 229. The minimum atomic E-state index is 0.454. The van der Waals surface area contributed by atoms with Crippen LogP contribution in [0.5, 0.6) is 0 Å². The highest BCUT2D eigenvalue weighted by atomic mass is 16.4. The van der Waals surface area contributed by atoms with Gasteiger partial charge in [0, 0.05) is 11.8 Å². The molecule has 1 rings (SSSR count). The third-order valence-electron chi connectivity index (χ3n) is 1.02. The van der Waals surface area contributed by atoms with Crippen molar-refractivity contribution >= 4 is 12.0 Å². The van der Waals surface area contributed by atoms with Crippen molar-refractivity contribution in [2.45, 2.75) is 0 Å². The second-order valence-electron chi connectivity index (χ2n) is 1.76. The fourth-order valence-corrected chi connectivity index (χ4v) is 0.560. The second-order valence-corrected chi connectivity index (χ2v) is 1.76. The van der Waals surface area contributed by atoms with Crippen LogP contribution in [0.3, 0.4) is 0 Å². The summed E-state index contributed by atoms with van der Waals surface area (Å²) in [6, 6.07) is 3.35. The lowest BCUT2D eigenvalue weighted by molar-refractivity contribution is 0.322. The van der Waals surface area contributed by atoms with E-state index in [0.29, 0.717) is 5.82 Å². The fourth-order valence-electron chi connectivity index (χ4n) is 0.560. The molecule has 1 aromatic rings. The molecule has 1 heterocycles. The van der Waals surface area contributed by atoms with Crippen molar-refractivity contribution in [3.63, 3.8) is 0 Å². The van der Waals surface area contributed by atoms with Crippen molar-refractivity contribution in [1.82, 2.24) is 4.98 Å². The van der Waals surface area contributed by atoms with Crippen LogP contribution in [0.4, 0.5) is 5.82 Å². The standard InChI is InChI=1S/C6H7N3O/c7-6-2-1-5(3-8-6)4-9-10/h1-4,10H,(H2,7,8)/b9-4+. The van der Waals surface area contributed by atoms with Gasteiger partial charge in [-0.25, -0.2) is 4.98 Å². The first-order valence-corrected chi connectivity index (χ1v) is 2.72. The van der Waals surface area contributed by atoms with E-state index in [0.717, 1.165) is 5.56 Å². The van der Waals surface area contributed by atoms with Gasteiger partial charge in [-0.3, -0.25) is 0 Å². The SMILES string of the molecule is Nc1ccc(/C=N/O)cn1. The maximum atomic E-state index is 8.10. The molecule has 3 N–H and O–H groups in total. The van der Waals surface area contributed by atoms with Gasteiger partial charge in [0.05, 0.1) is 6.21 Å². The van der Waals surface area contributed by atoms with Crippen molar-refractivity contribution in [2.24, 2.45) is 5.16 Å². The maximum absolute atomic E-state index is 8.10. The molecular formula is C6H7N3O. The van der Waals surface area contributed by atoms with Gasteiger partial charge in [-0.05, 0) is 12.1 Å². The number of oxime groups is 1. The zero-order chi connectivity index (χ0) is 7.40. The Morgan fingerprint density at radius 1 is 1.60 bits per heavy atom. The molecule has 10 heavy (non-hydrogen) atoms. The number of hydrogen-bond acceptors (Lipinski definition) is 4. The van der Waals surface area contributed by atoms with Gasteiger partial charge in [0.25, 0.3) is 0 Å². The summed E-state index contributed by atoms with van der Waals surface area (Å²) in [5, 5.41) is 10.9. The summed E-state index contributed by atoms with van der Waals surface area (Å²) in [6.45, 7) is 0. The molecule has 0 unspecified atom stereocenters. The van der Waals surface area contributed by atoms with Crippen LogP contribution in [0.2, 0.25) is 0 Å². The molecule has 0 bridgehead atoms. The first kappa shape index (κ1) is 6.54. The average molecular weight is 137 g/mol. The van der Waals surface area contributed by atoms with Crippen LogP contribution in [0.1, 0.15) is 5.56 Å². The Kier molecular flexibility index (Phi) is 1.84. The molecule has 52 valence electrons. The predicted octanol–water partition coefficient (Wildman–Crippen LogP) is 0.472. The predicted molar refractivity (Wildman–Crippen MR) is 38.0 cm³/mol. The van der Waals surface area contributed by atoms with E-state index in [2.05, 4.69) is 10.1 Å². The number of nitrogen functional groups attached to an aromatic ring is 1. The van der Waals surface area contributed by atoms with Gasteiger partial charge in [0.2, 0.25) is 0 Å². The van der Waals surface area contributed by atoms with Gasteiger partial charge in [-0.1, -0.05) is 5.16 Å². The molecule has 4 nitrogen and oxygen atoms in total. The Balaban J connectivity index is 2.89. The molecule has 0 atom stereocenters. The zero-order valence-corrected chi connectivity index (χ0v) is 5.23. The highest BCUT2D eigenvalue weighted by Gasteiger charge is 1.86. The summed E-state index contributed by atoms with van der Waals surface area (Å²) in [5.74, 6) is 0.454. The lowest BCUT2D eigenvalue weighted by atomic mass is 10.3. The number of hydrogen-bond donors (Lipinski definition) is 2. The highest BCUT2D eigenvalue weighted by molar-refractivity contribution is 5.78. The fraction of sp³-hybridized carbons (Fsp3) is 0. The van der Waals surface area contributed by atoms with E-state index in [9.17, 15) is 0 Å². The van der Waals surface area contributed by atoms with Crippen molar-refractivity contribution in [2.75, 3.05) is 5.73 Å². The van der Waals surface area contributed by atoms with Crippen LogP contribution in [-0.4, -0.2) is 16.4 Å². The quantitative estimate of drug-likeness (QED) is 0.336. The molecule has 0 saturated heterocycles. The van der Waals surface area contributed by atoms with E-state index in [1.165, 1.54) is 12.4 Å². The van der Waals surface area contributed by atoms with Crippen molar-refractivity contribution in [3.8, 4) is 0 Å². The Labute approximate surface area is 58.0 Å². The van der Waals surface area contributed by atoms with Gasteiger partial charge >= 0.3 is 0 Å². The van der Waals surface area contributed by atoms with Crippen LogP contribution >= 0.6 is 0 Å². The van der Waals surface area contributed by atoms with Crippen LogP contribution in [0.25, 0.3) is 0 Å². The Morgan fingerprint density at radius 3 is 2.90 bits per heavy atom. The molecule has 0 aromatic carbocycles. The summed E-state index contributed by atoms with van der Waals surface area (Å²) >= 11 is 0. The van der Waals surface area contributed by atoms with E-state index < -0.39 is 0 Å². The van der Waals surface area contributed by atoms with Crippen LogP contribution in [0, 0.1) is 0 Å². The van der Waals surface area contributed by atoms with E-state index in [1.54, 1.807) is 12.1 Å². The summed E-state index contributed by atoms with van der Waals surface area (Å²) in [6.07, 6.45) is 2.81. The van der Waals surface area contributed by atoms with Gasteiger partial charge in [-0.2, -0.15) is 0 Å². The van der Waals surface area contributed by atoms with E-state index in [-0.39, 0.29) is 0 Å². The maximum Gasteiger partial charge on any atom is 0.123 e. The number of pyridine rings is 1. The zero-order valence-electron chi connectivity index (χ0n) is 5.23. The van der Waals surface area contributed by atoms with E-state index in [4.69, 9.17) is 10.9 Å². The van der Waals surface area contributed by atoms with Gasteiger partial charge < -0.3 is 10.9 Å². The third kappa shape index (κ3) is 1.45. The summed E-state index contributed by atoms with van der Waals surface area (Å²) in [7, 11) is 0. The normalized spacial score (nSPS) is 10.4. The minimum Gasteiger partial charge on any atom is -0.411 e. The molecule has 0 aliphatic heterocycles.